The summed E-state index contributed by atoms with van der Waals surface area (Å²) in [6.45, 7) is 18.0. The smallest absolute Gasteiger partial charge is 0.137 e. The molecule has 0 saturated carbocycles. The lowest BCUT2D eigenvalue weighted by Crippen LogP contribution is -2.25. The van der Waals surface area contributed by atoms with Gasteiger partial charge in [-0.3, -0.25) is 4.57 Å². The SMILES string of the molecule is Cc1cc(C)cc(-c2cc(Oc3ccc4c5ccccc5n(-c5cc(C(C)(C)C)ccn5)c4c3)cc(N3CN(c4c(-c5ccc(F)cc5)cc(C(C)(C)C)cc4-c4ccc(F)cc4)c4ccccc43)c2)c1. The molecule has 3 heterocycles. The first-order valence-corrected chi connectivity index (χ1v) is 24.3. The van der Waals surface area contributed by atoms with Crippen molar-refractivity contribution in [2.24, 2.45) is 0 Å². The van der Waals surface area contributed by atoms with E-state index in [2.05, 4.69) is 197 Å². The average molecular weight is 935 g/mol. The summed E-state index contributed by atoms with van der Waals surface area (Å²) in [6.07, 6.45) is 1.91. The Balaban J connectivity index is 1.08. The van der Waals surface area contributed by atoms with Crippen LogP contribution in [0.15, 0.2) is 182 Å². The predicted molar refractivity (Wildman–Crippen MR) is 290 cm³/mol. The topological polar surface area (TPSA) is 33.5 Å². The number of anilines is 4. The van der Waals surface area contributed by atoms with Crippen molar-refractivity contribution in [3.8, 4) is 50.7 Å². The molecule has 11 rings (SSSR count). The highest BCUT2D eigenvalue weighted by atomic mass is 19.1. The Hall–Kier alpha value is -8.03. The largest absolute Gasteiger partial charge is 0.457 e. The fraction of sp³-hybridized carbons (Fsp3) is 0.172. The van der Waals surface area contributed by atoms with E-state index in [4.69, 9.17) is 9.72 Å². The number of hydrogen-bond donors (Lipinski definition) is 0. The average Bonchev–Trinajstić information content (AvgIpc) is 3.89. The van der Waals surface area contributed by atoms with Gasteiger partial charge in [-0.25, -0.2) is 13.8 Å². The molecule has 0 atom stereocenters. The van der Waals surface area contributed by atoms with Gasteiger partial charge in [0, 0.05) is 45.9 Å². The normalized spacial score (nSPS) is 12.8. The van der Waals surface area contributed by atoms with Crippen molar-refractivity contribution in [1.29, 1.82) is 0 Å². The summed E-state index contributed by atoms with van der Waals surface area (Å²) in [6, 6.07) is 58.7. The van der Waals surface area contributed by atoms with Crippen LogP contribution in [0.2, 0.25) is 0 Å². The minimum absolute atomic E-state index is 0.0528. The van der Waals surface area contributed by atoms with Gasteiger partial charge in [-0.15, -0.1) is 0 Å². The van der Waals surface area contributed by atoms with Crippen LogP contribution in [0.1, 0.15) is 63.8 Å². The number of rotatable bonds is 8. The van der Waals surface area contributed by atoms with E-state index in [1.807, 2.05) is 30.5 Å². The zero-order valence-corrected chi connectivity index (χ0v) is 41.5. The number of hydrogen-bond acceptors (Lipinski definition) is 4. The molecule has 0 spiro atoms. The summed E-state index contributed by atoms with van der Waals surface area (Å²) in [5.41, 5.74) is 16.2. The van der Waals surface area contributed by atoms with Crippen LogP contribution >= 0.6 is 0 Å². The maximum atomic E-state index is 14.6. The van der Waals surface area contributed by atoms with Gasteiger partial charge in [0.15, 0.2) is 0 Å². The second kappa shape index (κ2) is 17.4. The zero-order chi connectivity index (χ0) is 49.3. The number of halogens is 2. The zero-order valence-electron chi connectivity index (χ0n) is 41.5. The van der Waals surface area contributed by atoms with Crippen molar-refractivity contribution in [1.82, 2.24) is 9.55 Å². The number of ether oxygens (including phenoxy) is 1. The molecule has 71 heavy (non-hydrogen) atoms. The van der Waals surface area contributed by atoms with E-state index >= 15 is 0 Å². The highest BCUT2D eigenvalue weighted by Gasteiger charge is 2.33. The van der Waals surface area contributed by atoms with Crippen molar-refractivity contribution in [3.63, 3.8) is 0 Å². The quantitative estimate of drug-likeness (QED) is 0.152. The minimum atomic E-state index is -0.300. The third-order valence-corrected chi connectivity index (χ3v) is 13.8. The molecule has 0 amide bonds. The number of aromatic nitrogens is 2. The molecule has 7 heteroatoms. The minimum Gasteiger partial charge on any atom is -0.457 e. The van der Waals surface area contributed by atoms with Gasteiger partial charge in [-0.05, 0) is 149 Å². The first kappa shape index (κ1) is 45.4. The van der Waals surface area contributed by atoms with Crippen LogP contribution in [0.4, 0.5) is 31.5 Å². The van der Waals surface area contributed by atoms with E-state index in [-0.39, 0.29) is 22.5 Å². The van der Waals surface area contributed by atoms with Gasteiger partial charge in [0.05, 0.1) is 28.1 Å². The lowest BCUT2D eigenvalue weighted by atomic mass is 9.82. The molecular formula is C64H56F2N4O. The van der Waals surface area contributed by atoms with Crippen molar-refractivity contribution in [3.05, 3.63) is 216 Å². The molecule has 1 aliphatic rings. The molecular weight excluding hydrogens is 879 g/mol. The number of pyridine rings is 1. The maximum Gasteiger partial charge on any atom is 0.137 e. The van der Waals surface area contributed by atoms with Gasteiger partial charge in [0.2, 0.25) is 0 Å². The molecule has 0 fully saturated rings. The van der Waals surface area contributed by atoms with E-state index < -0.39 is 0 Å². The predicted octanol–water partition coefficient (Wildman–Crippen LogP) is 17.7. The summed E-state index contributed by atoms with van der Waals surface area (Å²) in [4.78, 5) is 9.60. The monoisotopic (exact) mass is 934 g/mol. The number of fused-ring (bicyclic) bond motifs is 4. The first-order valence-electron chi connectivity index (χ1n) is 24.3. The fourth-order valence-electron chi connectivity index (χ4n) is 10.2. The second-order valence-corrected chi connectivity index (χ2v) is 21.0. The van der Waals surface area contributed by atoms with Crippen molar-refractivity contribution in [2.45, 2.75) is 66.2 Å². The molecule has 0 unspecified atom stereocenters. The van der Waals surface area contributed by atoms with Crippen LogP contribution in [-0.4, -0.2) is 16.2 Å². The van der Waals surface area contributed by atoms with Crippen LogP contribution in [0, 0.1) is 25.5 Å². The van der Waals surface area contributed by atoms with Crippen LogP contribution in [0.25, 0.3) is 61.0 Å². The van der Waals surface area contributed by atoms with E-state index in [1.165, 1.54) is 41.0 Å². The molecule has 0 radical (unpaired) electrons. The maximum absolute atomic E-state index is 14.6. The highest BCUT2D eigenvalue weighted by Crippen LogP contribution is 2.52. The number of para-hydroxylation sites is 3. The molecule has 8 aromatic carbocycles. The number of benzene rings is 8. The summed E-state index contributed by atoms with van der Waals surface area (Å²) in [5, 5.41) is 2.26. The Morgan fingerprint density at radius 2 is 1.06 bits per heavy atom. The molecule has 2 aromatic heterocycles. The third-order valence-electron chi connectivity index (χ3n) is 13.8. The lowest BCUT2D eigenvalue weighted by Gasteiger charge is -2.30. The van der Waals surface area contributed by atoms with Gasteiger partial charge in [0.1, 0.15) is 35.6 Å². The summed E-state index contributed by atoms with van der Waals surface area (Å²) < 4.78 is 38.6. The molecule has 0 N–H and O–H groups in total. The molecule has 352 valence electrons. The van der Waals surface area contributed by atoms with Gasteiger partial charge in [0.25, 0.3) is 0 Å². The molecule has 10 aromatic rings. The Bertz CT molecular complexity index is 3590. The summed E-state index contributed by atoms with van der Waals surface area (Å²) in [7, 11) is 0. The van der Waals surface area contributed by atoms with Crippen molar-refractivity contribution in [2.75, 3.05) is 16.5 Å². The van der Waals surface area contributed by atoms with Gasteiger partial charge >= 0.3 is 0 Å². The molecule has 1 aliphatic heterocycles. The van der Waals surface area contributed by atoms with Crippen LogP contribution in [0.3, 0.4) is 0 Å². The van der Waals surface area contributed by atoms with Gasteiger partial charge in [-0.2, -0.15) is 0 Å². The Morgan fingerprint density at radius 1 is 0.479 bits per heavy atom. The van der Waals surface area contributed by atoms with Crippen LogP contribution < -0.4 is 14.5 Å². The Labute approximate surface area is 415 Å². The third kappa shape index (κ3) is 8.60. The number of nitrogens with zero attached hydrogens (tertiary/aromatic N) is 4. The van der Waals surface area contributed by atoms with Gasteiger partial charge < -0.3 is 14.5 Å². The molecule has 0 bridgehead atoms. The summed E-state index contributed by atoms with van der Waals surface area (Å²) in [5.74, 6) is 1.65. The highest BCUT2D eigenvalue weighted by molar-refractivity contribution is 6.09. The van der Waals surface area contributed by atoms with Gasteiger partial charge in [-0.1, -0.05) is 125 Å². The van der Waals surface area contributed by atoms with E-state index in [9.17, 15) is 8.78 Å². The Morgan fingerprint density at radius 3 is 1.69 bits per heavy atom. The summed E-state index contributed by atoms with van der Waals surface area (Å²) >= 11 is 0. The molecule has 5 nitrogen and oxygen atoms in total. The van der Waals surface area contributed by atoms with Crippen LogP contribution in [0.5, 0.6) is 11.5 Å². The number of aryl methyl sites for hydroxylation is 2. The second-order valence-electron chi connectivity index (χ2n) is 21.0. The standard InChI is InChI=1S/C64H56F2N4O/c1-40-29-41(2)31-44(30-40)45-32-50(37-52(33-45)71-51-25-26-54-53-13-9-10-14-57(53)70(60(54)38-51)61-36-46(27-28-67-61)63(3,4)5)68-39-69(59-16-12-11-15-58(59)68)62-55(42-17-21-48(65)22-18-42)34-47(64(6,7)8)35-56(62)43-19-23-49(66)24-20-43/h9-38H,39H2,1-8H3. The van der Waals surface area contributed by atoms with Crippen LogP contribution in [-0.2, 0) is 10.8 Å². The first-order chi connectivity index (χ1) is 34.1. The van der Waals surface area contributed by atoms with E-state index in [0.29, 0.717) is 18.2 Å². The fourth-order valence-corrected chi connectivity index (χ4v) is 10.2. The van der Waals surface area contributed by atoms with Crippen molar-refractivity contribution >= 4 is 44.6 Å². The van der Waals surface area contributed by atoms with E-state index in [0.717, 1.165) is 89.3 Å². The van der Waals surface area contributed by atoms with E-state index in [1.54, 1.807) is 0 Å². The Kier molecular flexibility index (Phi) is 11.1. The molecule has 0 aliphatic carbocycles. The van der Waals surface area contributed by atoms with Crippen molar-refractivity contribution < 1.29 is 13.5 Å². The molecule has 0 saturated heterocycles. The lowest BCUT2D eigenvalue weighted by molar-refractivity contribution is 0.483.